The number of rotatable bonds is 6. The Morgan fingerprint density at radius 2 is 1.77 bits per heavy atom. The Balaban J connectivity index is 2.37. The number of hydrogen-bond donors (Lipinski definition) is 0. The lowest BCUT2D eigenvalue weighted by atomic mass is 9.91. The first-order valence-electron chi connectivity index (χ1n) is 10.2. The molecular weight excluding hydrogens is 462 g/mol. The molecular formula is C24H24BrNO5. The third-order valence-corrected chi connectivity index (χ3v) is 5.39. The van der Waals surface area contributed by atoms with E-state index in [1.165, 1.54) is 0 Å². The highest BCUT2D eigenvalue weighted by molar-refractivity contribution is 9.10. The van der Waals surface area contributed by atoms with E-state index in [0.29, 0.717) is 24.1 Å². The van der Waals surface area contributed by atoms with Crippen LogP contribution in [0, 0.1) is 6.92 Å². The van der Waals surface area contributed by atoms with Crippen LogP contribution in [0.3, 0.4) is 0 Å². The topological polar surface area (TPSA) is 78.6 Å². The highest BCUT2D eigenvalue weighted by Crippen LogP contribution is 2.40. The molecule has 0 spiro atoms. The van der Waals surface area contributed by atoms with Gasteiger partial charge in [0.1, 0.15) is 11.3 Å². The van der Waals surface area contributed by atoms with Crippen molar-refractivity contribution in [1.82, 2.24) is 4.98 Å². The van der Waals surface area contributed by atoms with Gasteiger partial charge in [0.2, 0.25) is 0 Å². The van der Waals surface area contributed by atoms with E-state index in [0.717, 1.165) is 21.2 Å². The van der Waals surface area contributed by atoms with Crippen molar-refractivity contribution in [1.29, 1.82) is 0 Å². The van der Waals surface area contributed by atoms with E-state index in [2.05, 4.69) is 20.9 Å². The van der Waals surface area contributed by atoms with E-state index in [4.69, 9.17) is 13.9 Å². The monoisotopic (exact) mass is 485 g/mol. The van der Waals surface area contributed by atoms with Crippen molar-refractivity contribution in [3.05, 3.63) is 68.1 Å². The normalized spacial score (nSPS) is 10.7. The van der Waals surface area contributed by atoms with Gasteiger partial charge in [-0.3, -0.25) is 4.98 Å². The van der Waals surface area contributed by atoms with Crippen LogP contribution < -0.4 is 10.4 Å². The van der Waals surface area contributed by atoms with E-state index in [1.54, 1.807) is 38.2 Å². The van der Waals surface area contributed by atoms with Gasteiger partial charge >= 0.3 is 11.8 Å². The Hall–Kier alpha value is -2.93. The smallest absolute Gasteiger partial charge is 0.434 e. The van der Waals surface area contributed by atoms with Crippen LogP contribution in [0.1, 0.15) is 37.5 Å². The minimum absolute atomic E-state index is 0.127. The first kappa shape index (κ1) is 22.7. The zero-order chi connectivity index (χ0) is 22.5. The average Bonchev–Trinajstić information content (AvgIpc) is 2.76. The summed E-state index contributed by atoms with van der Waals surface area (Å²) in [6.45, 7) is 7.59. The number of hydrogen-bond acceptors (Lipinski definition) is 6. The molecule has 1 aromatic carbocycles. The zero-order valence-electron chi connectivity index (χ0n) is 18.0. The van der Waals surface area contributed by atoms with E-state index in [9.17, 15) is 9.59 Å². The van der Waals surface area contributed by atoms with Crippen molar-refractivity contribution in [3.63, 3.8) is 0 Å². The molecule has 0 saturated heterocycles. The van der Waals surface area contributed by atoms with Gasteiger partial charge in [0, 0.05) is 16.2 Å². The Labute approximate surface area is 189 Å². The predicted molar refractivity (Wildman–Crippen MR) is 122 cm³/mol. The van der Waals surface area contributed by atoms with Crippen LogP contribution in [0.25, 0.3) is 22.6 Å². The van der Waals surface area contributed by atoms with Gasteiger partial charge < -0.3 is 13.9 Å². The number of carbonyl (C=O) groups is 1. The van der Waals surface area contributed by atoms with Gasteiger partial charge in [-0.25, -0.2) is 9.59 Å². The highest BCUT2D eigenvalue weighted by Gasteiger charge is 2.27. The van der Waals surface area contributed by atoms with Gasteiger partial charge in [-0.05, 0) is 67.6 Å². The molecule has 0 amide bonds. The van der Waals surface area contributed by atoms with Gasteiger partial charge in [-0.2, -0.15) is 0 Å². The molecule has 3 rings (SSSR count). The molecule has 2 heterocycles. The maximum absolute atomic E-state index is 13.3. The highest BCUT2D eigenvalue weighted by atomic mass is 79.9. The Kier molecular flexibility index (Phi) is 7.28. The Morgan fingerprint density at radius 3 is 2.32 bits per heavy atom. The van der Waals surface area contributed by atoms with Crippen LogP contribution >= 0.6 is 15.9 Å². The van der Waals surface area contributed by atoms with Crippen LogP contribution in [-0.4, -0.2) is 17.7 Å². The molecule has 0 N–H and O–H groups in total. The summed E-state index contributed by atoms with van der Waals surface area (Å²) in [4.78, 5) is 29.9. The molecule has 7 heteroatoms. The summed E-state index contributed by atoms with van der Waals surface area (Å²) in [7, 11) is 0. The number of pyridine rings is 1. The molecule has 31 heavy (non-hydrogen) atoms. The lowest BCUT2D eigenvalue weighted by Crippen LogP contribution is -2.17. The van der Waals surface area contributed by atoms with E-state index >= 15 is 0 Å². The van der Waals surface area contributed by atoms with Crippen molar-refractivity contribution in [2.45, 2.75) is 40.5 Å². The van der Waals surface area contributed by atoms with Crippen molar-refractivity contribution in [2.75, 3.05) is 6.61 Å². The fourth-order valence-electron chi connectivity index (χ4n) is 3.52. The molecule has 0 saturated carbocycles. The van der Waals surface area contributed by atoms with Crippen molar-refractivity contribution >= 4 is 22.1 Å². The number of benzene rings is 1. The van der Waals surface area contributed by atoms with Crippen LogP contribution in [-0.2, 0) is 17.6 Å². The van der Waals surface area contributed by atoms with Crippen molar-refractivity contribution in [3.8, 4) is 28.3 Å². The molecule has 0 aliphatic rings. The molecule has 6 nitrogen and oxygen atoms in total. The number of nitrogens with zero attached hydrogens (tertiary/aromatic N) is 1. The second-order valence-electron chi connectivity index (χ2n) is 6.85. The number of aryl methyl sites for hydroxylation is 2. The summed E-state index contributed by atoms with van der Waals surface area (Å²) in [5.74, 6) is 0.379. The summed E-state index contributed by atoms with van der Waals surface area (Å²) < 4.78 is 17.2. The summed E-state index contributed by atoms with van der Waals surface area (Å²) in [6, 6.07) is 9.21. The second-order valence-corrected chi connectivity index (χ2v) is 7.77. The molecule has 2 aromatic heterocycles. The standard InChI is InChI=1S/C24H24BrNO5/c1-5-15-12-17(25)13-16(6-2)19(15)20-22(31-24(28)29-7-3)14(4)21(30-23(20)27)18-10-8-9-11-26-18/h8-13H,5-7H2,1-4H3. The minimum Gasteiger partial charge on any atom is -0.434 e. The second kappa shape index (κ2) is 9.92. The van der Waals surface area contributed by atoms with E-state index in [1.807, 2.05) is 26.0 Å². The lowest BCUT2D eigenvalue weighted by molar-refractivity contribution is 0.104. The molecule has 0 atom stereocenters. The SMILES string of the molecule is CCOC(=O)Oc1c(C)c(-c2ccccn2)oc(=O)c1-c1c(CC)cc(Br)cc1CC. The van der Waals surface area contributed by atoms with Crippen molar-refractivity contribution < 1.29 is 18.7 Å². The quantitative estimate of drug-likeness (QED) is 0.392. The van der Waals surface area contributed by atoms with Crippen LogP contribution in [0.2, 0.25) is 0 Å². The summed E-state index contributed by atoms with van der Waals surface area (Å²) in [6.07, 6.45) is 2.09. The molecule has 0 bridgehead atoms. The van der Waals surface area contributed by atoms with E-state index in [-0.39, 0.29) is 23.7 Å². The largest absolute Gasteiger partial charge is 0.513 e. The minimum atomic E-state index is -0.877. The third kappa shape index (κ3) is 4.71. The molecule has 0 aliphatic carbocycles. The van der Waals surface area contributed by atoms with Gasteiger partial charge in [0.25, 0.3) is 0 Å². The third-order valence-electron chi connectivity index (χ3n) is 4.93. The molecule has 162 valence electrons. The van der Waals surface area contributed by atoms with Crippen molar-refractivity contribution in [2.24, 2.45) is 0 Å². The van der Waals surface area contributed by atoms with Crippen LogP contribution in [0.5, 0.6) is 5.75 Å². The molecule has 0 unspecified atom stereocenters. The summed E-state index contributed by atoms with van der Waals surface area (Å²) >= 11 is 3.54. The summed E-state index contributed by atoms with van der Waals surface area (Å²) in [5, 5.41) is 0. The Bertz CT molecular complexity index is 1130. The van der Waals surface area contributed by atoms with Gasteiger partial charge in [-0.1, -0.05) is 35.8 Å². The van der Waals surface area contributed by atoms with Gasteiger partial charge in [-0.15, -0.1) is 0 Å². The zero-order valence-corrected chi connectivity index (χ0v) is 19.5. The number of halogens is 1. The average molecular weight is 486 g/mol. The maximum Gasteiger partial charge on any atom is 0.513 e. The molecule has 3 aromatic rings. The van der Waals surface area contributed by atoms with Crippen LogP contribution in [0.4, 0.5) is 4.79 Å². The predicted octanol–water partition coefficient (Wildman–Crippen LogP) is 6.10. The molecule has 0 aliphatic heterocycles. The van der Waals surface area contributed by atoms with E-state index < -0.39 is 11.8 Å². The first-order chi connectivity index (χ1) is 14.9. The number of aromatic nitrogens is 1. The fraction of sp³-hybridized carbons (Fsp3) is 0.292. The van der Waals surface area contributed by atoms with Crippen LogP contribution in [0.15, 0.2) is 50.2 Å². The Morgan fingerprint density at radius 1 is 1.10 bits per heavy atom. The summed E-state index contributed by atoms with van der Waals surface area (Å²) in [5.41, 5.74) is 3.18. The lowest BCUT2D eigenvalue weighted by Gasteiger charge is -2.18. The number of ether oxygens (including phenoxy) is 2. The van der Waals surface area contributed by atoms with Gasteiger partial charge in [0.15, 0.2) is 11.5 Å². The molecule has 0 radical (unpaired) electrons. The fourth-order valence-corrected chi connectivity index (χ4v) is 4.08. The first-order valence-corrected chi connectivity index (χ1v) is 11.0. The van der Waals surface area contributed by atoms with Gasteiger partial charge in [0.05, 0.1) is 6.61 Å². The maximum atomic E-state index is 13.3. The molecule has 0 fully saturated rings. The number of carbonyl (C=O) groups excluding carboxylic acids is 1.